The number of rotatable bonds is 5. The van der Waals surface area contributed by atoms with Crippen molar-refractivity contribution in [1.82, 2.24) is 10.2 Å². The molecule has 0 aromatic carbocycles. The smallest absolute Gasteiger partial charge is 0.0195 e. The van der Waals surface area contributed by atoms with E-state index in [-0.39, 0.29) is 0 Å². The summed E-state index contributed by atoms with van der Waals surface area (Å²) in [6.07, 6.45) is 3.93. The molecular weight excluding hydrogens is 196 g/mol. The minimum Gasteiger partial charge on any atom is -0.311 e. The molecule has 1 heterocycles. The third-order valence-corrected chi connectivity index (χ3v) is 3.72. The van der Waals surface area contributed by atoms with Crippen molar-refractivity contribution in [2.24, 2.45) is 5.92 Å². The van der Waals surface area contributed by atoms with Crippen molar-refractivity contribution in [2.75, 3.05) is 13.1 Å². The maximum Gasteiger partial charge on any atom is 0.0195 e. The molecule has 0 radical (unpaired) electrons. The van der Waals surface area contributed by atoms with Gasteiger partial charge in [0, 0.05) is 31.2 Å². The fourth-order valence-corrected chi connectivity index (χ4v) is 2.93. The van der Waals surface area contributed by atoms with Crippen molar-refractivity contribution in [3.8, 4) is 0 Å². The topological polar surface area (TPSA) is 15.3 Å². The zero-order chi connectivity index (χ0) is 12.1. The van der Waals surface area contributed by atoms with Crippen LogP contribution in [0.1, 0.15) is 53.9 Å². The molecule has 0 aromatic heterocycles. The zero-order valence-electron chi connectivity index (χ0n) is 11.8. The Bertz CT molecular complexity index is 191. The van der Waals surface area contributed by atoms with Crippen LogP contribution in [0.3, 0.4) is 0 Å². The molecule has 0 saturated carbocycles. The van der Waals surface area contributed by atoms with E-state index in [1.54, 1.807) is 0 Å². The van der Waals surface area contributed by atoms with Crippen LogP contribution in [0, 0.1) is 5.92 Å². The van der Waals surface area contributed by atoms with Crippen LogP contribution in [-0.2, 0) is 0 Å². The number of nitrogens with zero attached hydrogens (tertiary/aromatic N) is 1. The van der Waals surface area contributed by atoms with Gasteiger partial charge in [0.05, 0.1) is 0 Å². The highest BCUT2D eigenvalue weighted by molar-refractivity contribution is 4.86. The molecule has 2 nitrogen and oxygen atoms in total. The van der Waals surface area contributed by atoms with Crippen LogP contribution in [0.2, 0.25) is 0 Å². The largest absolute Gasteiger partial charge is 0.311 e. The molecule has 16 heavy (non-hydrogen) atoms. The Morgan fingerprint density at radius 2 is 2.00 bits per heavy atom. The summed E-state index contributed by atoms with van der Waals surface area (Å²) in [6.45, 7) is 14.1. The summed E-state index contributed by atoms with van der Waals surface area (Å²) >= 11 is 0. The van der Waals surface area contributed by atoms with Gasteiger partial charge in [0.15, 0.2) is 0 Å². The third kappa shape index (κ3) is 4.06. The molecule has 96 valence electrons. The van der Waals surface area contributed by atoms with Crippen molar-refractivity contribution in [3.63, 3.8) is 0 Å². The second kappa shape index (κ2) is 6.61. The van der Waals surface area contributed by atoms with E-state index in [9.17, 15) is 0 Å². The van der Waals surface area contributed by atoms with E-state index in [1.807, 2.05) is 0 Å². The first kappa shape index (κ1) is 14.0. The Kier molecular flexibility index (Phi) is 5.77. The van der Waals surface area contributed by atoms with Gasteiger partial charge < -0.3 is 5.32 Å². The molecule has 0 amide bonds. The summed E-state index contributed by atoms with van der Waals surface area (Å²) in [5.74, 6) is 0.807. The molecule has 0 aliphatic carbocycles. The van der Waals surface area contributed by atoms with Gasteiger partial charge in [-0.2, -0.15) is 0 Å². The second-order valence-electron chi connectivity index (χ2n) is 5.92. The minimum atomic E-state index is 0.696. The molecule has 1 N–H and O–H groups in total. The van der Waals surface area contributed by atoms with Crippen molar-refractivity contribution in [3.05, 3.63) is 0 Å². The quantitative estimate of drug-likeness (QED) is 0.775. The van der Waals surface area contributed by atoms with Crippen LogP contribution in [0.4, 0.5) is 0 Å². The molecular formula is C14H30N2. The van der Waals surface area contributed by atoms with Crippen LogP contribution < -0.4 is 5.32 Å². The Balaban J connectivity index is 2.48. The zero-order valence-corrected chi connectivity index (χ0v) is 11.8. The average Bonchev–Trinajstić information content (AvgIpc) is 2.20. The van der Waals surface area contributed by atoms with Crippen molar-refractivity contribution >= 4 is 0 Å². The highest BCUT2D eigenvalue weighted by atomic mass is 15.2. The third-order valence-electron chi connectivity index (χ3n) is 3.72. The lowest BCUT2D eigenvalue weighted by Gasteiger charge is -2.43. The maximum atomic E-state index is 3.67. The van der Waals surface area contributed by atoms with E-state index >= 15 is 0 Å². The monoisotopic (exact) mass is 226 g/mol. The first-order valence-electron chi connectivity index (χ1n) is 7.03. The van der Waals surface area contributed by atoms with Crippen LogP contribution in [0.5, 0.6) is 0 Å². The van der Waals surface area contributed by atoms with Gasteiger partial charge >= 0.3 is 0 Å². The lowest BCUT2D eigenvalue weighted by molar-refractivity contribution is 0.0855. The van der Waals surface area contributed by atoms with Gasteiger partial charge in [0.25, 0.3) is 0 Å². The van der Waals surface area contributed by atoms with E-state index in [1.165, 1.54) is 25.8 Å². The molecule has 0 aromatic rings. The summed E-state index contributed by atoms with van der Waals surface area (Å²) in [5.41, 5.74) is 0. The molecule has 2 heteroatoms. The van der Waals surface area contributed by atoms with Gasteiger partial charge in [-0.25, -0.2) is 0 Å². The van der Waals surface area contributed by atoms with Gasteiger partial charge in [-0.1, -0.05) is 27.2 Å². The molecule has 3 atom stereocenters. The number of hydrogen-bond donors (Lipinski definition) is 1. The minimum absolute atomic E-state index is 0.696. The normalized spacial score (nSPS) is 29.6. The number of hydrogen-bond acceptors (Lipinski definition) is 2. The predicted octanol–water partition coefficient (Wildman–Crippen LogP) is 2.88. The van der Waals surface area contributed by atoms with Crippen molar-refractivity contribution in [1.29, 1.82) is 0 Å². The summed E-state index contributed by atoms with van der Waals surface area (Å²) in [6, 6.07) is 2.15. The van der Waals surface area contributed by atoms with Gasteiger partial charge in [0.2, 0.25) is 0 Å². The SMILES string of the molecule is CCCC1CN(C(C)CC(C)C)C(C)CN1. The number of piperazine rings is 1. The first-order valence-corrected chi connectivity index (χ1v) is 7.03. The summed E-state index contributed by atoms with van der Waals surface area (Å²) < 4.78 is 0. The summed E-state index contributed by atoms with van der Waals surface area (Å²) in [7, 11) is 0. The Labute approximate surface area is 102 Å². The predicted molar refractivity (Wildman–Crippen MR) is 71.8 cm³/mol. The molecule has 1 saturated heterocycles. The van der Waals surface area contributed by atoms with Crippen LogP contribution >= 0.6 is 0 Å². The van der Waals surface area contributed by atoms with Gasteiger partial charge in [0.1, 0.15) is 0 Å². The molecule has 0 spiro atoms. The fraction of sp³-hybridized carbons (Fsp3) is 1.00. The van der Waals surface area contributed by atoms with Gasteiger partial charge in [-0.3, -0.25) is 4.90 Å². The molecule has 1 fully saturated rings. The van der Waals surface area contributed by atoms with E-state index in [0.29, 0.717) is 6.04 Å². The van der Waals surface area contributed by atoms with Gasteiger partial charge in [-0.15, -0.1) is 0 Å². The molecule has 1 aliphatic rings. The Morgan fingerprint density at radius 1 is 1.31 bits per heavy atom. The second-order valence-corrected chi connectivity index (χ2v) is 5.92. The van der Waals surface area contributed by atoms with Crippen molar-refractivity contribution < 1.29 is 0 Å². The van der Waals surface area contributed by atoms with E-state index < -0.39 is 0 Å². The van der Waals surface area contributed by atoms with E-state index in [4.69, 9.17) is 0 Å². The standard InChI is InChI=1S/C14H30N2/c1-6-7-14-10-16(13(5)9-15-14)12(4)8-11(2)3/h11-15H,6-10H2,1-5H3. The van der Waals surface area contributed by atoms with Gasteiger partial charge in [-0.05, 0) is 32.6 Å². The highest BCUT2D eigenvalue weighted by Gasteiger charge is 2.27. The van der Waals surface area contributed by atoms with Crippen LogP contribution in [0.15, 0.2) is 0 Å². The Hall–Kier alpha value is -0.0800. The fourth-order valence-electron chi connectivity index (χ4n) is 2.93. The highest BCUT2D eigenvalue weighted by Crippen LogP contribution is 2.18. The summed E-state index contributed by atoms with van der Waals surface area (Å²) in [4.78, 5) is 2.71. The summed E-state index contributed by atoms with van der Waals surface area (Å²) in [5, 5.41) is 3.67. The lowest BCUT2D eigenvalue weighted by atomic mass is 9.99. The van der Waals surface area contributed by atoms with Crippen molar-refractivity contribution in [2.45, 2.75) is 72.0 Å². The maximum absolute atomic E-state index is 3.67. The molecule has 0 bridgehead atoms. The average molecular weight is 226 g/mol. The van der Waals surface area contributed by atoms with E-state index in [0.717, 1.165) is 24.5 Å². The molecule has 1 rings (SSSR count). The van der Waals surface area contributed by atoms with Crippen LogP contribution in [-0.4, -0.2) is 36.1 Å². The molecule has 1 aliphatic heterocycles. The Morgan fingerprint density at radius 3 is 2.56 bits per heavy atom. The molecule has 3 unspecified atom stereocenters. The first-order chi connectivity index (χ1) is 7.54. The van der Waals surface area contributed by atoms with E-state index in [2.05, 4.69) is 44.8 Å². The van der Waals surface area contributed by atoms with Crippen LogP contribution in [0.25, 0.3) is 0 Å². The number of nitrogens with one attached hydrogen (secondary N) is 1. The lowest BCUT2D eigenvalue weighted by Crippen LogP contribution is -2.58.